The minimum absolute atomic E-state index is 0.0121. The lowest BCUT2D eigenvalue weighted by molar-refractivity contribution is -0.144. The predicted molar refractivity (Wildman–Crippen MR) is 162 cm³/mol. The molecule has 2 unspecified atom stereocenters. The molecule has 1 aromatic rings. The number of alkyl carbamates (subject to hydrolysis) is 1. The van der Waals surface area contributed by atoms with E-state index >= 15 is 0 Å². The molecule has 1 aliphatic carbocycles. The van der Waals surface area contributed by atoms with Crippen LogP contribution in [0.3, 0.4) is 0 Å². The van der Waals surface area contributed by atoms with Crippen LogP contribution in [0.5, 0.6) is 0 Å². The highest BCUT2D eigenvalue weighted by Gasteiger charge is 2.62. The van der Waals surface area contributed by atoms with Crippen molar-refractivity contribution in [3.63, 3.8) is 0 Å². The topological polar surface area (TPSA) is 151 Å². The second kappa shape index (κ2) is 12.3. The van der Waals surface area contributed by atoms with E-state index in [0.717, 1.165) is 0 Å². The van der Waals surface area contributed by atoms with E-state index in [1.807, 2.05) is 34.6 Å². The van der Waals surface area contributed by atoms with Crippen LogP contribution in [0.1, 0.15) is 68.2 Å². The molecule has 43 heavy (non-hydrogen) atoms. The molecule has 3 rings (SSSR count). The van der Waals surface area contributed by atoms with E-state index in [2.05, 4.69) is 21.9 Å². The summed E-state index contributed by atoms with van der Waals surface area (Å²) in [5.74, 6) is -2.60. The number of amides is 4. The quantitative estimate of drug-likeness (QED) is 0.359. The summed E-state index contributed by atoms with van der Waals surface area (Å²) in [6.07, 6.45) is 1.46. The number of sulfonamides is 1. The number of likely N-dealkylation sites (tertiary alicyclic amines) is 1. The van der Waals surface area contributed by atoms with Crippen molar-refractivity contribution in [3.8, 4) is 0 Å². The fourth-order valence-electron chi connectivity index (χ4n) is 5.54. The van der Waals surface area contributed by atoms with Crippen LogP contribution >= 0.6 is 0 Å². The molecule has 0 bridgehead atoms. The number of nitrogens with one attached hydrogen (secondary N) is 3. The maximum absolute atomic E-state index is 14.1. The summed E-state index contributed by atoms with van der Waals surface area (Å²) < 4.78 is 33.3. The molecule has 3 N–H and O–H groups in total. The first-order valence-corrected chi connectivity index (χ1v) is 16.1. The summed E-state index contributed by atoms with van der Waals surface area (Å²) in [6.45, 7) is 18.5. The molecule has 2 fully saturated rings. The largest absolute Gasteiger partial charge is 0.444 e. The van der Waals surface area contributed by atoms with Gasteiger partial charge in [-0.25, -0.2) is 17.9 Å². The van der Waals surface area contributed by atoms with Crippen molar-refractivity contribution >= 4 is 33.8 Å². The molecular weight excluding hydrogens is 572 g/mol. The van der Waals surface area contributed by atoms with Crippen LogP contribution in [0, 0.1) is 23.2 Å². The SMILES string of the molecule is C=CC1C[C@]1(NC(=O)C1[C@@H](C(C)C)CCN1C(=O)[C@@H](NC(=O)OC(C)(C)C)C(C)(C)C)C(=O)NS(=O)(=O)c1ccccc1. The summed E-state index contributed by atoms with van der Waals surface area (Å²) in [5.41, 5.74) is -3.02. The Morgan fingerprint density at radius 3 is 2.16 bits per heavy atom. The zero-order valence-electron chi connectivity index (χ0n) is 26.4. The molecule has 1 saturated carbocycles. The maximum Gasteiger partial charge on any atom is 0.408 e. The normalized spacial score (nSPS) is 24.6. The van der Waals surface area contributed by atoms with Gasteiger partial charge in [-0.15, -0.1) is 6.58 Å². The Bertz CT molecular complexity index is 1350. The van der Waals surface area contributed by atoms with E-state index in [1.165, 1.54) is 23.1 Å². The molecule has 5 atom stereocenters. The molecule has 4 amide bonds. The number of carbonyl (C=O) groups is 4. The molecule has 2 aliphatic rings. The van der Waals surface area contributed by atoms with Crippen molar-refractivity contribution in [2.75, 3.05) is 6.54 Å². The van der Waals surface area contributed by atoms with Gasteiger partial charge in [0.15, 0.2) is 0 Å². The van der Waals surface area contributed by atoms with E-state index in [4.69, 9.17) is 4.74 Å². The van der Waals surface area contributed by atoms with E-state index < -0.39 is 68.4 Å². The third kappa shape index (κ3) is 7.76. The molecule has 12 heteroatoms. The fourth-order valence-corrected chi connectivity index (χ4v) is 6.60. The van der Waals surface area contributed by atoms with Gasteiger partial charge in [-0.05, 0) is 63.0 Å². The summed E-state index contributed by atoms with van der Waals surface area (Å²) in [6, 6.07) is 5.53. The Morgan fingerprint density at radius 1 is 1.07 bits per heavy atom. The summed E-state index contributed by atoms with van der Waals surface area (Å²) in [5, 5.41) is 5.51. The van der Waals surface area contributed by atoms with Gasteiger partial charge in [-0.3, -0.25) is 14.4 Å². The van der Waals surface area contributed by atoms with Gasteiger partial charge in [0.2, 0.25) is 11.8 Å². The Balaban J connectivity index is 1.89. The smallest absolute Gasteiger partial charge is 0.408 e. The molecule has 11 nitrogen and oxygen atoms in total. The third-order valence-corrected chi connectivity index (χ3v) is 9.30. The minimum Gasteiger partial charge on any atom is -0.444 e. The summed E-state index contributed by atoms with van der Waals surface area (Å²) in [7, 11) is -4.19. The number of hydrogen-bond donors (Lipinski definition) is 3. The number of hydrogen-bond acceptors (Lipinski definition) is 7. The van der Waals surface area contributed by atoms with Crippen molar-refractivity contribution in [2.45, 2.75) is 96.4 Å². The molecule has 0 radical (unpaired) electrons. The van der Waals surface area contributed by atoms with Crippen molar-refractivity contribution in [1.29, 1.82) is 0 Å². The Morgan fingerprint density at radius 2 is 1.67 bits per heavy atom. The Kier molecular flexibility index (Phi) is 9.75. The molecule has 1 saturated heterocycles. The van der Waals surface area contributed by atoms with Crippen molar-refractivity contribution in [1.82, 2.24) is 20.3 Å². The number of ether oxygens (including phenoxy) is 1. The highest BCUT2D eigenvalue weighted by molar-refractivity contribution is 7.90. The van der Waals surface area contributed by atoms with Gasteiger partial charge in [0.1, 0.15) is 23.2 Å². The van der Waals surface area contributed by atoms with E-state index in [1.54, 1.807) is 39.0 Å². The monoisotopic (exact) mass is 618 g/mol. The lowest BCUT2D eigenvalue weighted by atomic mass is 9.84. The van der Waals surface area contributed by atoms with Crippen LogP contribution < -0.4 is 15.4 Å². The zero-order valence-corrected chi connectivity index (χ0v) is 27.2. The first-order valence-electron chi connectivity index (χ1n) is 14.6. The molecular formula is C31H46N4O7S. The van der Waals surface area contributed by atoms with Gasteiger partial charge >= 0.3 is 6.09 Å². The van der Waals surface area contributed by atoms with Gasteiger partial charge in [0, 0.05) is 12.5 Å². The van der Waals surface area contributed by atoms with Crippen LogP contribution in [0.2, 0.25) is 0 Å². The van der Waals surface area contributed by atoms with Gasteiger partial charge in [-0.2, -0.15) is 0 Å². The Labute approximate surface area is 255 Å². The van der Waals surface area contributed by atoms with Crippen LogP contribution in [0.15, 0.2) is 47.9 Å². The van der Waals surface area contributed by atoms with Crippen molar-refractivity contribution in [2.24, 2.45) is 23.2 Å². The first-order chi connectivity index (χ1) is 19.7. The first kappa shape index (κ1) is 34.1. The van der Waals surface area contributed by atoms with Gasteiger partial charge in [0.25, 0.3) is 15.9 Å². The number of rotatable bonds is 9. The fraction of sp³-hybridized carbons (Fsp3) is 0.613. The minimum atomic E-state index is -4.19. The summed E-state index contributed by atoms with van der Waals surface area (Å²) >= 11 is 0. The number of benzene rings is 1. The molecule has 1 heterocycles. The predicted octanol–water partition coefficient (Wildman–Crippen LogP) is 3.36. The average molecular weight is 619 g/mol. The maximum atomic E-state index is 14.1. The van der Waals surface area contributed by atoms with Crippen LogP contribution in [0.25, 0.3) is 0 Å². The van der Waals surface area contributed by atoms with Gasteiger partial charge < -0.3 is 20.3 Å². The van der Waals surface area contributed by atoms with Crippen molar-refractivity contribution < 1.29 is 32.3 Å². The molecule has 238 valence electrons. The van der Waals surface area contributed by atoms with Crippen LogP contribution in [-0.2, 0) is 29.1 Å². The van der Waals surface area contributed by atoms with E-state index in [0.29, 0.717) is 6.42 Å². The highest BCUT2D eigenvalue weighted by Crippen LogP contribution is 2.45. The summed E-state index contributed by atoms with van der Waals surface area (Å²) in [4.78, 5) is 55.6. The highest BCUT2D eigenvalue weighted by atomic mass is 32.2. The third-order valence-electron chi connectivity index (χ3n) is 7.96. The standard InChI is InChI=1S/C31H46N4O7S/c1-10-20-18-31(20,27(38)34-43(40,41)21-14-12-11-13-15-21)33-25(36)23-22(19(2)3)16-17-35(23)26(37)24(29(4,5)6)32-28(39)42-30(7,8)9/h10-15,19-20,22-24H,1,16-18H2,2-9H3,(H,32,39)(H,33,36)(H,34,38)/t20?,22-,23?,24-,31-/m1/s1. The number of nitrogens with zero attached hydrogens (tertiary/aromatic N) is 1. The molecule has 0 aromatic heterocycles. The second-order valence-electron chi connectivity index (χ2n) is 13.9. The van der Waals surface area contributed by atoms with E-state index in [-0.39, 0.29) is 29.7 Å². The molecule has 0 spiro atoms. The van der Waals surface area contributed by atoms with Gasteiger partial charge in [0.05, 0.1) is 4.90 Å². The van der Waals surface area contributed by atoms with Gasteiger partial charge in [-0.1, -0.05) is 58.9 Å². The van der Waals surface area contributed by atoms with E-state index in [9.17, 15) is 27.6 Å². The zero-order chi connectivity index (χ0) is 32.5. The van der Waals surface area contributed by atoms with Crippen LogP contribution in [0.4, 0.5) is 4.79 Å². The van der Waals surface area contributed by atoms with Crippen LogP contribution in [-0.4, -0.2) is 66.9 Å². The number of carbonyl (C=O) groups excluding carboxylic acids is 4. The Hall–Kier alpha value is -3.41. The average Bonchev–Trinajstić information content (AvgIpc) is 3.41. The second-order valence-corrected chi connectivity index (χ2v) is 15.6. The lowest BCUT2D eigenvalue weighted by Gasteiger charge is -2.37. The lowest BCUT2D eigenvalue weighted by Crippen LogP contribution is -2.61. The van der Waals surface area contributed by atoms with Crippen molar-refractivity contribution in [3.05, 3.63) is 43.0 Å². The molecule has 1 aromatic carbocycles. The molecule has 1 aliphatic heterocycles.